The van der Waals surface area contributed by atoms with E-state index in [2.05, 4.69) is 25.0 Å². The Morgan fingerprint density at radius 2 is 2.35 bits per heavy atom. The maximum absolute atomic E-state index is 5.27. The Morgan fingerprint density at radius 1 is 1.41 bits per heavy atom. The smallest absolute Gasteiger partial charge is 0.271 e. The molecule has 0 aliphatic carbocycles. The summed E-state index contributed by atoms with van der Waals surface area (Å²) in [6.07, 6.45) is 3.50. The Labute approximate surface area is 103 Å². The Bertz CT molecular complexity index is 502. The lowest BCUT2D eigenvalue weighted by Crippen LogP contribution is -2.27. The number of nitrogens with one attached hydrogen (secondary N) is 1. The average molecular weight is 251 g/mol. The first kappa shape index (κ1) is 10.8. The highest BCUT2D eigenvalue weighted by Crippen LogP contribution is 2.26. The molecule has 2 aromatic heterocycles. The summed E-state index contributed by atoms with van der Waals surface area (Å²) in [5, 5.41) is 11.4. The molecule has 0 bridgehead atoms. The minimum Gasteiger partial charge on any atom is -0.333 e. The van der Waals surface area contributed by atoms with Gasteiger partial charge in [-0.1, -0.05) is 16.1 Å². The van der Waals surface area contributed by atoms with Crippen LogP contribution in [0.2, 0.25) is 0 Å². The lowest BCUT2D eigenvalue weighted by molar-refractivity contribution is 0.367. The summed E-state index contributed by atoms with van der Waals surface area (Å²) < 4.78 is 9.14. The normalized spacial score (nSPS) is 20.6. The molecule has 0 amide bonds. The molecular formula is C10H13N5OS. The van der Waals surface area contributed by atoms with Gasteiger partial charge in [0.25, 0.3) is 5.89 Å². The fraction of sp³-hybridized carbons (Fsp3) is 0.600. The van der Waals surface area contributed by atoms with Crippen molar-refractivity contribution in [3.8, 4) is 10.8 Å². The molecule has 3 rings (SSSR count). The van der Waals surface area contributed by atoms with Gasteiger partial charge in [-0.2, -0.15) is 4.98 Å². The van der Waals surface area contributed by atoms with Crippen molar-refractivity contribution in [1.29, 1.82) is 0 Å². The van der Waals surface area contributed by atoms with E-state index < -0.39 is 0 Å². The van der Waals surface area contributed by atoms with Crippen LogP contribution in [0.5, 0.6) is 0 Å². The van der Waals surface area contributed by atoms with E-state index in [0.717, 1.165) is 29.4 Å². The molecule has 90 valence electrons. The minimum absolute atomic E-state index is 0.224. The second-order valence-electron chi connectivity index (χ2n) is 4.15. The number of hydrogen-bond donors (Lipinski definition) is 1. The number of hydrogen-bond acceptors (Lipinski definition) is 7. The Morgan fingerprint density at radius 3 is 3.06 bits per heavy atom. The van der Waals surface area contributed by atoms with Crippen LogP contribution >= 0.6 is 11.5 Å². The molecule has 1 saturated heterocycles. The van der Waals surface area contributed by atoms with E-state index in [1.54, 1.807) is 0 Å². The fourth-order valence-electron chi connectivity index (χ4n) is 1.97. The van der Waals surface area contributed by atoms with E-state index in [4.69, 9.17) is 4.52 Å². The molecule has 1 N–H and O–H groups in total. The Kier molecular flexibility index (Phi) is 2.86. The molecule has 1 atom stereocenters. The van der Waals surface area contributed by atoms with Crippen molar-refractivity contribution in [2.75, 3.05) is 6.54 Å². The van der Waals surface area contributed by atoms with Crippen molar-refractivity contribution in [2.45, 2.75) is 32.2 Å². The maximum Gasteiger partial charge on any atom is 0.271 e. The van der Waals surface area contributed by atoms with Crippen LogP contribution in [0.15, 0.2) is 4.52 Å². The van der Waals surface area contributed by atoms with Crippen LogP contribution in [0.3, 0.4) is 0 Å². The van der Waals surface area contributed by atoms with Crippen LogP contribution in [0.25, 0.3) is 10.8 Å². The lowest BCUT2D eigenvalue weighted by atomic mass is 10.0. The van der Waals surface area contributed by atoms with Gasteiger partial charge in [0.15, 0.2) is 5.82 Å². The molecule has 3 heterocycles. The van der Waals surface area contributed by atoms with Gasteiger partial charge in [-0.3, -0.25) is 0 Å². The fourth-order valence-corrected chi connectivity index (χ4v) is 2.55. The third kappa shape index (κ3) is 2.07. The van der Waals surface area contributed by atoms with Crippen LogP contribution in [0.4, 0.5) is 0 Å². The van der Waals surface area contributed by atoms with Crippen molar-refractivity contribution in [2.24, 2.45) is 0 Å². The van der Waals surface area contributed by atoms with E-state index in [1.165, 1.54) is 24.4 Å². The van der Waals surface area contributed by atoms with Crippen LogP contribution in [-0.4, -0.2) is 26.3 Å². The quantitative estimate of drug-likeness (QED) is 0.875. The zero-order valence-electron chi connectivity index (χ0n) is 9.51. The lowest BCUT2D eigenvalue weighted by Gasteiger charge is -2.19. The molecule has 0 spiro atoms. The van der Waals surface area contributed by atoms with E-state index in [9.17, 15) is 0 Å². The number of aromatic nitrogens is 4. The Balaban J connectivity index is 1.85. The molecule has 7 heteroatoms. The predicted octanol–water partition coefficient (Wildman–Crippen LogP) is 1.71. The zero-order chi connectivity index (χ0) is 11.7. The number of nitrogens with zero attached hydrogens (tertiary/aromatic N) is 4. The molecule has 17 heavy (non-hydrogen) atoms. The summed E-state index contributed by atoms with van der Waals surface area (Å²) in [6.45, 7) is 2.91. The minimum atomic E-state index is 0.224. The second-order valence-corrected chi connectivity index (χ2v) is 4.90. The molecule has 2 aromatic rings. The van der Waals surface area contributed by atoms with Gasteiger partial charge in [-0.05, 0) is 37.8 Å². The second kappa shape index (κ2) is 4.50. The summed E-state index contributed by atoms with van der Waals surface area (Å²) in [5.41, 5.74) is 0.835. The summed E-state index contributed by atoms with van der Waals surface area (Å²) in [4.78, 5) is 5.29. The number of aryl methyl sites for hydroxylation is 1. The molecule has 1 unspecified atom stereocenters. The Hall–Kier alpha value is -1.34. The summed E-state index contributed by atoms with van der Waals surface area (Å²) in [5.74, 6) is 1.27. The average Bonchev–Trinajstić information content (AvgIpc) is 2.98. The molecular weight excluding hydrogens is 238 g/mol. The van der Waals surface area contributed by atoms with Gasteiger partial charge in [-0.25, -0.2) is 0 Å². The van der Waals surface area contributed by atoms with Crippen molar-refractivity contribution >= 4 is 11.5 Å². The van der Waals surface area contributed by atoms with Crippen molar-refractivity contribution < 1.29 is 4.52 Å². The molecule has 1 fully saturated rings. The molecule has 1 aliphatic heterocycles. The van der Waals surface area contributed by atoms with Crippen molar-refractivity contribution in [3.05, 3.63) is 11.5 Å². The van der Waals surface area contributed by atoms with Gasteiger partial charge in [0.05, 0.1) is 11.7 Å². The monoisotopic (exact) mass is 251 g/mol. The maximum atomic E-state index is 5.27. The van der Waals surface area contributed by atoms with E-state index in [1.807, 2.05) is 6.92 Å². The first-order chi connectivity index (χ1) is 8.34. The summed E-state index contributed by atoms with van der Waals surface area (Å²) >= 11 is 1.28. The first-order valence-corrected chi connectivity index (χ1v) is 6.48. The highest BCUT2D eigenvalue weighted by Gasteiger charge is 2.22. The standard InChI is InChI=1S/C10H13N5OS/c1-6-8(17-15-13-6)10-12-9(14-16-10)7-4-2-3-5-11-7/h7,11H,2-5H2,1H3. The third-order valence-corrected chi connectivity index (χ3v) is 3.73. The molecule has 1 aliphatic rings. The highest BCUT2D eigenvalue weighted by atomic mass is 32.1. The van der Waals surface area contributed by atoms with Gasteiger partial charge in [0.1, 0.15) is 4.88 Å². The van der Waals surface area contributed by atoms with Gasteiger partial charge in [-0.15, -0.1) is 5.10 Å². The van der Waals surface area contributed by atoms with Gasteiger partial charge < -0.3 is 9.84 Å². The summed E-state index contributed by atoms with van der Waals surface area (Å²) in [6, 6.07) is 0.224. The molecule has 0 radical (unpaired) electrons. The summed E-state index contributed by atoms with van der Waals surface area (Å²) in [7, 11) is 0. The van der Waals surface area contributed by atoms with E-state index >= 15 is 0 Å². The van der Waals surface area contributed by atoms with Crippen molar-refractivity contribution in [3.63, 3.8) is 0 Å². The number of piperidine rings is 1. The first-order valence-electron chi connectivity index (χ1n) is 5.71. The molecule has 0 aromatic carbocycles. The van der Waals surface area contributed by atoms with Gasteiger partial charge in [0.2, 0.25) is 0 Å². The van der Waals surface area contributed by atoms with Crippen LogP contribution < -0.4 is 5.32 Å². The highest BCUT2D eigenvalue weighted by molar-refractivity contribution is 7.09. The van der Waals surface area contributed by atoms with Crippen LogP contribution in [0.1, 0.15) is 36.8 Å². The third-order valence-electron chi connectivity index (χ3n) is 2.91. The van der Waals surface area contributed by atoms with Crippen LogP contribution in [-0.2, 0) is 0 Å². The van der Waals surface area contributed by atoms with Gasteiger partial charge in [0, 0.05) is 0 Å². The van der Waals surface area contributed by atoms with Crippen LogP contribution in [0, 0.1) is 6.92 Å². The van der Waals surface area contributed by atoms with Crippen molar-refractivity contribution in [1.82, 2.24) is 25.0 Å². The predicted molar refractivity (Wildman–Crippen MR) is 62.5 cm³/mol. The van der Waals surface area contributed by atoms with E-state index in [0.29, 0.717) is 5.89 Å². The SMILES string of the molecule is Cc1nnsc1-c1nc(C2CCCCN2)no1. The number of rotatable bonds is 2. The zero-order valence-corrected chi connectivity index (χ0v) is 10.3. The largest absolute Gasteiger partial charge is 0.333 e. The molecule has 0 saturated carbocycles. The van der Waals surface area contributed by atoms with Gasteiger partial charge >= 0.3 is 0 Å². The van der Waals surface area contributed by atoms with E-state index in [-0.39, 0.29) is 6.04 Å². The topological polar surface area (TPSA) is 76.7 Å². The molecule has 6 nitrogen and oxygen atoms in total.